The third kappa shape index (κ3) is 2.25. The van der Waals surface area contributed by atoms with Gasteiger partial charge in [0, 0.05) is 25.3 Å². The Kier molecular flexibility index (Phi) is 3.25. The summed E-state index contributed by atoms with van der Waals surface area (Å²) in [6.07, 6.45) is 3.29. The van der Waals surface area contributed by atoms with Crippen molar-refractivity contribution in [1.82, 2.24) is 0 Å². The summed E-state index contributed by atoms with van der Waals surface area (Å²) < 4.78 is 13.1. The Bertz CT molecular complexity index is 412. The van der Waals surface area contributed by atoms with Gasteiger partial charge in [-0.2, -0.15) is 0 Å². The predicted molar refractivity (Wildman–Crippen MR) is 64.9 cm³/mol. The summed E-state index contributed by atoms with van der Waals surface area (Å²) in [5.74, 6) is -0.215. The van der Waals surface area contributed by atoms with E-state index in [9.17, 15) is 4.39 Å². The van der Waals surface area contributed by atoms with E-state index in [1.54, 1.807) is 0 Å². The van der Waals surface area contributed by atoms with E-state index in [-0.39, 0.29) is 5.82 Å². The van der Waals surface area contributed by atoms with E-state index in [4.69, 9.17) is 5.73 Å². The molecule has 86 valence electrons. The molecule has 2 nitrogen and oxygen atoms in total. The average molecular weight is 220 g/mol. The van der Waals surface area contributed by atoms with Crippen LogP contribution in [0.4, 0.5) is 10.1 Å². The Labute approximate surface area is 95.6 Å². The van der Waals surface area contributed by atoms with Crippen molar-refractivity contribution in [2.45, 2.75) is 19.9 Å². The monoisotopic (exact) mass is 220 g/mol. The first-order valence-corrected chi connectivity index (χ1v) is 5.60. The smallest absolute Gasteiger partial charge is 0.123 e. The molecule has 0 aromatic heterocycles. The largest absolute Gasteiger partial charge is 0.367 e. The molecule has 0 atom stereocenters. The first kappa shape index (κ1) is 11.1. The highest BCUT2D eigenvalue weighted by atomic mass is 19.1. The maximum absolute atomic E-state index is 13.1. The standard InChI is InChI=1S/C13H17FN2/c1-10-4-6-16(7-5-10)13-3-2-12(14)8-11(13)9-15/h2-4,8H,5-7,9,15H2,1H3. The van der Waals surface area contributed by atoms with Gasteiger partial charge < -0.3 is 10.6 Å². The lowest BCUT2D eigenvalue weighted by Crippen LogP contribution is -2.29. The minimum Gasteiger partial charge on any atom is -0.367 e. The van der Waals surface area contributed by atoms with E-state index < -0.39 is 0 Å². The maximum Gasteiger partial charge on any atom is 0.123 e. The van der Waals surface area contributed by atoms with Crippen molar-refractivity contribution in [3.8, 4) is 0 Å². The Morgan fingerprint density at radius 1 is 1.44 bits per heavy atom. The van der Waals surface area contributed by atoms with Crippen molar-refractivity contribution >= 4 is 5.69 Å². The van der Waals surface area contributed by atoms with Gasteiger partial charge in [0.2, 0.25) is 0 Å². The number of nitrogens with zero attached hydrogens (tertiary/aromatic N) is 1. The average Bonchev–Trinajstić information content (AvgIpc) is 2.30. The van der Waals surface area contributed by atoms with Crippen molar-refractivity contribution in [2.75, 3.05) is 18.0 Å². The van der Waals surface area contributed by atoms with Gasteiger partial charge in [-0.25, -0.2) is 4.39 Å². The molecule has 1 aliphatic rings. The molecule has 0 spiro atoms. The van der Waals surface area contributed by atoms with E-state index in [1.165, 1.54) is 17.7 Å². The van der Waals surface area contributed by atoms with E-state index in [1.807, 2.05) is 6.07 Å². The van der Waals surface area contributed by atoms with Gasteiger partial charge in [-0.3, -0.25) is 0 Å². The lowest BCUT2D eigenvalue weighted by Gasteiger charge is -2.29. The van der Waals surface area contributed by atoms with Crippen molar-refractivity contribution in [3.63, 3.8) is 0 Å². The Balaban J connectivity index is 2.27. The molecule has 0 saturated heterocycles. The fraction of sp³-hybridized carbons (Fsp3) is 0.385. The van der Waals surface area contributed by atoms with Gasteiger partial charge in [0.15, 0.2) is 0 Å². The quantitative estimate of drug-likeness (QED) is 0.776. The van der Waals surface area contributed by atoms with Crippen LogP contribution in [0.1, 0.15) is 18.9 Å². The first-order chi connectivity index (χ1) is 7.70. The zero-order chi connectivity index (χ0) is 11.5. The lowest BCUT2D eigenvalue weighted by atomic mass is 10.1. The fourth-order valence-corrected chi connectivity index (χ4v) is 2.02. The fourth-order valence-electron chi connectivity index (χ4n) is 2.02. The molecule has 0 fully saturated rings. The molecule has 0 aliphatic carbocycles. The highest BCUT2D eigenvalue weighted by molar-refractivity contribution is 5.55. The minimum absolute atomic E-state index is 0.215. The van der Waals surface area contributed by atoms with Crippen LogP contribution in [0.2, 0.25) is 0 Å². The van der Waals surface area contributed by atoms with Crippen LogP contribution in [-0.2, 0) is 6.54 Å². The van der Waals surface area contributed by atoms with Crippen molar-refractivity contribution < 1.29 is 4.39 Å². The second kappa shape index (κ2) is 4.66. The van der Waals surface area contributed by atoms with Gasteiger partial charge in [0.25, 0.3) is 0 Å². The number of nitrogens with two attached hydrogens (primary N) is 1. The Morgan fingerprint density at radius 3 is 2.88 bits per heavy atom. The van der Waals surface area contributed by atoms with Crippen LogP contribution in [-0.4, -0.2) is 13.1 Å². The summed E-state index contributed by atoms with van der Waals surface area (Å²) in [5, 5.41) is 0. The molecule has 0 saturated carbocycles. The van der Waals surface area contributed by atoms with Crippen molar-refractivity contribution in [1.29, 1.82) is 0 Å². The number of rotatable bonds is 2. The van der Waals surface area contributed by atoms with Gasteiger partial charge in [-0.1, -0.05) is 11.6 Å². The van der Waals surface area contributed by atoms with Gasteiger partial charge in [-0.05, 0) is 37.1 Å². The zero-order valence-corrected chi connectivity index (χ0v) is 9.54. The molecule has 16 heavy (non-hydrogen) atoms. The number of hydrogen-bond donors (Lipinski definition) is 1. The molecule has 1 aromatic carbocycles. The maximum atomic E-state index is 13.1. The highest BCUT2D eigenvalue weighted by Gasteiger charge is 2.13. The van der Waals surface area contributed by atoms with Crippen LogP contribution in [0.5, 0.6) is 0 Å². The van der Waals surface area contributed by atoms with Crippen LogP contribution in [0, 0.1) is 5.82 Å². The minimum atomic E-state index is -0.215. The highest BCUT2D eigenvalue weighted by Crippen LogP contribution is 2.24. The zero-order valence-electron chi connectivity index (χ0n) is 9.54. The number of benzene rings is 1. The molecule has 3 heteroatoms. The molecule has 1 aromatic rings. The van der Waals surface area contributed by atoms with E-state index in [0.717, 1.165) is 30.8 Å². The van der Waals surface area contributed by atoms with Gasteiger partial charge in [0.1, 0.15) is 5.82 Å². The predicted octanol–water partition coefficient (Wildman–Crippen LogP) is 2.44. The number of halogens is 1. The molecule has 2 rings (SSSR count). The Morgan fingerprint density at radius 2 is 2.25 bits per heavy atom. The summed E-state index contributed by atoms with van der Waals surface area (Å²) in [5.41, 5.74) is 9.01. The third-order valence-corrected chi connectivity index (χ3v) is 3.04. The van der Waals surface area contributed by atoms with E-state index >= 15 is 0 Å². The molecular weight excluding hydrogens is 203 g/mol. The lowest BCUT2D eigenvalue weighted by molar-refractivity contribution is 0.624. The van der Waals surface area contributed by atoms with Crippen LogP contribution in [0.15, 0.2) is 29.8 Å². The van der Waals surface area contributed by atoms with Gasteiger partial charge >= 0.3 is 0 Å². The molecule has 0 unspecified atom stereocenters. The summed E-state index contributed by atoms with van der Waals surface area (Å²) in [6, 6.07) is 4.85. The van der Waals surface area contributed by atoms with Gasteiger partial charge in [0.05, 0.1) is 0 Å². The van der Waals surface area contributed by atoms with E-state index in [0.29, 0.717) is 6.54 Å². The summed E-state index contributed by atoms with van der Waals surface area (Å²) in [4.78, 5) is 2.24. The van der Waals surface area contributed by atoms with Crippen LogP contribution in [0.3, 0.4) is 0 Å². The molecule has 1 heterocycles. The second-order valence-electron chi connectivity index (χ2n) is 4.22. The van der Waals surface area contributed by atoms with Crippen molar-refractivity contribution in [2.24, 2.45) is 5.73 Å². The van der Waals surface area contributed by atoms with Crippen LogP contribution < -0.4 is 10.6 Å². The summed E-state index contributed by atoms with van der Waals surface area (Å²) in [6.45, 7) is 4.41. The van der Waals surface area contributed by atoms with Crippen molar-refractivity contribution in [3.05, 3.63) is 41.2 Å². The number of hydrogen-bond acceptors (Lipinski definition) is 2. The molecule has 1 aliphatic heterocycles. The summed E-state index contributed by atoms with van der Waals surface area (Å²) >= 11 is 0. The van der Waals surface area contributed by atoms with Gasteiger partial charge in [-0.15, -0.1) is 0 Å². The topological polar surface area (TPSA) is 29.3 Å². The molecule has 0 radical (unpaired) electrons. The third-order valence-electron chi connectivity index (χ3n) is 3.04. The normalized spacial score (nSPS) is 16.2. The molecule has 0 amide bonds. The Hall–Kier alpha value is -1.35. The van der Waals surface area contributed by atoms with Crippen LogP contribution in [0.25, 0.3) is 0 Å². The van der Waals surface area contributed by atoms with E-state index in [2.05, 4.69) is 17.9 Å². The number of anilines is 1. The SMILES string of the molecule is CC1=CCN(c2ccc(F)cc2CN)CC1. The second-order valence-corrected chi connectivity index (χ2v) is 4.22. The molecule has 2 N–H and O–H groups in total. The molecular formula is C13H17FN2. The summed E-state index contributed by atoms with van der Waals surface area (Å²) in [7, 11) is 0. The molecule has 0 bridgehead atoms. The van der Waals surface area contributed by atoms with Crippen LogP contribution >= 0.6 is 0 Å². The first-order valence-electron chi connectivity index (χ1n) is 5.60.